The fourth-order valence-corrected chi connectivity index (χ4v) is 2.72. The molecule has 1 aromatic heterocycles. The number of aliphatic hydroxyl groups excluding tert-OH is 1. The third-order valence-corrected chi connectivity index (χ3v) is 4.14. The van der Waals surface area contributed by atoms with Crippen molar-refractivity contribution in [2.75, 3.05) is 0 Å². The lowest BCUT2D eigenvalue weighted by atomic mass is 10.0. The molecule has 2 N–H and O–H groups in total. The third-order valence-electron chi connectivity index (χ3n) is 4.14. The second-order valence-electron chi connectivity index (χ2n) is 5.88. The summed E-state index contributed by atoms with van der Waals surface area (Å²) in [5.41, 5.74) is 1.39. The summed E-state index contributed by atoms with van der Waals surface area (Å²) in [6.07, 6.45) is -3.19. The van der Waals surface area contributed by atoms with E-state index in [9.17, 15) is 28.2 Å². The molecule has 140 valence electrons. The highest BCUT2D eigenvalue weighted by atomic mass is 19.4. The number of carboxylic acids is 1. The normalized spacial score (nSPS) is 11.6. The minimum Gasteiger partial charge on any atom is -0.477 e. The number of aromatic carboxylic acids is 1. The van der Waals surface area contributed by atoms with Crippen LogP contribution in [0.1, 0.15) is 27.4 Å². The minimum absolute atomic E-state index is 0.0362. The number of carbonyl (C=O) groups is 1. The molecule has 0 saturated carbocycles. The highest BCUT2D eigenvalue weighted by Crippen LogP contribution is 2.31. The van der Waals surface area contributed by atoms with E-state index in [1.165, 1.54) is 22.9 Å². The number of carboxylic acid groups (broad SMARTS) is 1. The molecule has 0 amide bonds. The van der Waals surface area contributed by atoms with Crippen LogP contribution in [0.25, 0.3) is 11.1 Å². The molecule has 0 aliphatic rings. The fourth-order valence-electron chi connectivity index (χ4n) is 2.72. The molecule has 0 radical (unpaired) electrons. The largest absolute Gasteiger partial charge is 0.477 e. The first kappa shape index (κ1) is 18.7. The van der Waals surface area contributed by atoms with E-state index in [0.29, 0.717) is 5.56 Å². The van der Waals surface area contributed by atoms with Gasteiger partial charge in [-0.3, -0.25) is 0 Å². The van der Waals surface area contributed by atoms with Gasteiger partial charge in [0.25, 0.3) is 0 Å². The summed E-state index contributed by atoms with van der Waals surface area (Å²) < 4.78 is 39.3. The Morgan fingerprint density at radius 3 is 2.04 bits per heavy atom. The van der Waals surface area contributed by atoms with Gasteiger partial charge in [-0.15, -0.1) is 0 Å². The standard InChI is InChI=1S/C19H15F3N2O3/c20-19(21,22)15-7-5-14(6-8-15)13-3-1-12(2-4-13)10-24-16(18(26)27)9-23-17(24)11-25/h1-9,25H,10-11H2,(H,26,27). The Kier molecular flexibility index (Phi) is 5.00. The van der Waals surface area contributed by atoms with E-state index < -0.39 is 24.3 Å². The lowest BCUT2D eigenvalue weighted by Gasteiger charge is -2.11. The van der Waals surface area contributed by atoms with Crippen molar-refractivity contribution in [3.05, 3.63) is 77.4 Å². The minimum atomic E-state index is -4.38. The molecule has 1 heterocycles. The Bertz CT molecular complexity index is 946. The number of aliphatic hydroxyl groups is 1. The summed E-state index contributed by atoms with van der Waals surface area (Å²) >= 11 is 0. The molecular weight excluding hydrogens is 361 g/mol. The number of rotatable bonds is 5. The molecule has 3 rings (SSSR count). The number of alkyl halides is 3. The number of halogens is 3. The zero-order chi connectivity index (χ0) is 19.6. The van der Waals surface area contributed by atoms with Crippen LogP contribution < -0.4 is 0 Å². The molecule has 0 unspecified atom stereocenters. The monoisotopic (exact) mass is 376 g/mol. The van der Waals surface area contributed by atoms with Crippen LogP contribution in [0.3, 0.4) is 0 Å². The Labute approximate surface area is 152 Å². The van der Waals surface area contributed by atoms with Gasteiger partial charge in [-0.1, -0.05) is 36.4 Å². The molecule has 0 spiro atoms. The maximum absolute atomic E-state index is 12.6. The summed E-state index contributed by atoms with van der Waals surface area (Å²) in [6, 6.07) is 11.9. The van der Waals surface area contributed by atoms with E-state index in [0.717, 1.165) is 23.3 Å². The summed E-state index contributed by atoms with van der Waals surface area (Å²) in [5.74, 6) is -0.914. The number of hydrogen-bond acceptors (Lipinski definition) is 3. The number of nitrogens with zero attached hydrogens (tertiary/aromatic N) is 2. The molecule has 2 aromatic carbocycles. The van der Waals surface area contributed by atoms with Crippen molar-refractivity contribution in [1.29, 1.82) is 0 Å². The van der Waals surface area contributed by atoms with Crippen LogP contribution in [-0.2, 0) is 19.3 Å². The Balaban J connectivity index is 1.82. The van der Waals surface area contributed by atoms with Crippen LogP contribution in [0, 0.1) is 0 Å². The summed E-state index contributed by atoms with van der Waals surface area (Å²) in [4.78, 5) is 15.1. The van der Waals surface area contributed by atoms with Crippen LogP contribution in [-0.4, -0.2) is 25.7 Å². The van der Waals surface area contributed by atoms with Gasteiger partial charge in [-0.25, -0.2) is 9.78 Å². The maximum Gasteiger partial charge on any atom is 0.416 e. The molecule has 3 aromatic rings. The second-order valence-corrected chi connectivity index (χ2v) is 5.88. The zero-order valence-corrected chi connectivity index (χ0v) is 13.9. The average molecular weight is 376 g/mol. The number of aromatic nitrogens is 2. The van der Waals surface area contributed by atoms with Crippen molar-refractivity contribution < 1.29 is 28.2 Å². The van der Waals surface area contributed by atoms with E-state index in [1.54, 1.807) is 24.3 Å². The molecule has 27 heavy (non-hydrogen) atoms. The predicted octanol–water partition coefficient (Wildman–Crippen LogP) is 3.81. The van der Waals surface area contributed by atoms with Crippen LogP contribution in [0.4, 0.5) is 13.2 Å². The highest BCUT2D eigenvalue weighted by molar-refractivity contribution is 5.85. The topological polar surface area (TPSA) is 75.3 Å². The third kappa shape index (κ3) is 4.01. The molecule has 0 aliphatic heterocycles. The van der Waals surface area contributed by atoms with E-state index in [1.807, 2.05) is 0 Å². The van der Waals surface area contributed by atoms with Gasteiger partial charge in [0, 0.05) is 6.54 Å². The van der Waals surface area contributed by atoms with Gasteiger partial charge in [0.05, 0.1) is 11.8 Å². The summed E-state index contributed by atoms with van der Waals surface area (Å²) in [5, 5.41) is 18.5. The van der Waals surface area contributed by atoms with Gasteiger partial charge in [-0.05, 0) is 28.8 Å². The predicted molar refractivity (Wildman–Crippen MR) is 91.1 cm³/mol. The van der Waals surface area contributed by atoms with Gasteiger partial charge in [0.2, 0.25) is 0 Å². The van der Waals surface area contributed by atoms with Gasteiger partial charge in [0.15, 0.2) is 0 Å². The van der Waals surface area contributed by atoms with Gasteiger partial charge in [0.1, 0.15) is 18.1 Å². The van der Waals surface area contributed by atoms with E-state index >= 15 is 0 Å². The fraction of sp³-hybridized carbons (Fsp3) is 0.158. The van der Waals surface area contributed by atoms with Crippen LogP contribution in [0.5, 0.6) is 0 Å². The lowest BCUT2D eigenvalue weighted by Crippen LogP contribution is -2.12. The molecule has 0 saturated heterocycles. The zero-order valence-electron chi connectivity index (χ0n) is 13.9. The quantitative estimate of drug-likeness (QED) is 0.710. The molecule has 5 nitrogen and oxygen atoms in total. The summed E-state index contributed by atoms with van der Waals surface area (Å²) in [6.45, 7) is -0.193. The van der Waals surface area contributed by atoms with E-state index in [4.69, 9.17) is 0 Å². The lowest BCUT2D eigenvalue weighted by molar-refractivity contribution is -0.137. The Hall–Kier alpha value is -3.13. The summed E-state index contributed by atoms with van der Waals surface area (Å²) in [7, 11) is 0. The van der Waals surface area contributed by atoms with Crippen molar-refractivity contribution in [3.63, 3.8) is 0 Å². The van der Waals surface area contributed by atoms with Crippen molar-refractivity contribution in [1.82, 2.24) is 9.55 Å². The molecule has 0 aliphatic carbocycles. The number of hydrogen-bond donors (Lipinski definition) is 2. The second kappa shape index (κ2) is 7.24. The first-order valence-corrected chi connectivity index (χ1v) is 7.94. The number of benzene rings is 2. The first-order chi connectivity index (χ1) is 12.8. The molecule has 0 fully saturated rings. The average Bonchev–Trinajstić information content (AvgIpc) is 3.04. The van der Waals surface area contributed by atoms with Gasteiger partial charge in [-0.2, -0.15) is 13.2 Å². The Morgan fingerprint density at radius 2 is 1.56 bits per heavy atom. The van der Waals surface area contributed by atoms with Gasteiger partial charge < -0.3 is 14.8 Å². The molecule has 0 bridgehead atoms. The Morgan fingerprint density at radius 1 is 1.00 bits per heavy atom. The first-order valence-electron chi connectivity index (χ1n) is 7.94. The van der Waals surface area contributed by atoms with E-state index in [-0.39, 0.29) is 18.1 Å². The molecule has 0 atom stereocenters. The van der Waals surface area contributed by atoms with E-state index in [2.05, 4.69) is 4.98 Å². The highest BCUT2D eigenvalue weighted by Gasteiger charge is 2.29. The SMILES string of the molecule is O=C(O)c1cnc(CO)n1Cc1ccc(-c2ccc(C(F)(F)F)cc2)cc1. The smallest absolute Gasteiger partial charge is 0.416 e. The van der Waals surface area contributed by atoms with Crippen LogP contribution in [0.15, 0.2) is 54.7 Å². The molecular formula is C19H15F3N2O3. The van der Waals surface area contributed by atoms with Crippen molar-refractivity contribution in [2.24, 2.45) is 0 Å². The van der Waals surface area contributed by atoms with Crippen molar-refractivity contribution >= 4 is 5.97 Å². The van der Waals surface area contributed by atoms with Crippen molar-refractivity contribution in [3.8, 4) is 11.1 Å². The van der Waals surface area contributed by atoms with Gasteiger partial charge >= 0.3 is 12.1 Å². The number of imidazole rings is 1. The maximum atomic E-state index is 12.6. The van der Waals surface area contributed by atoms with Crippen LogP contribution in [0.2, 0.25) is 0 Å². The van der Waals surface area contributed by atoms with Crippen LogP contribution >= 0.6 is 0 Å². The van der Waals surface area contributed by atoms with Crippen molar-refractivity contribution in [2.45, 2.75) is 19.3 Å². The molecule has 8 heteroatoms.